The van der Waals surface area contributed by atoms with Gasteiger partial charge < -0.3 is 5.73 Å². The summed E-state index contributed by atoms with van der Waals surface area (Å²) in [5.41, 5.74) is 7.86. The Labute approximate surface area is 121 Å². The number of rotatable bonds is 5. The molecule has 0 aromatic heterocycles. The van der Waals surface area contributed by atoms with Crippen LogP contribution in [-0.4, -0.2) is 12.3 Å². The van der Waals surface area contributed by atoms with Gasteiger partial charge in [-0.1, -0.05) is 31.4 Å². The Kier molecular flexibility index (Phi) is 4.18. The molecule has 1 aromatic carbocycles. The van der Waals surface area contributed by atoms with E-state index in [-0.39, 0.29) is 5.41 Å². The molecule has 0 spiro atoms. The lowest BCUT2D eigenvalue weighted by Crippen LogP contribution is -2.37. The number of thioether (sulfide) groups is 1. The normalized spacial score (nSPS) is 22.4. The van der Waals surface area contributed by atoms with Gasteiger partial charge in [0, 0.05) is 22.6 Å². The Morgan fingerprint density at radius 2 is 1.74 bits per heavy atom. The highest BCUT2D eigenvalue weighted by Crippen LogP contribution is 2.40. The molecular weight excluding hydrogens is 250 g/mol. The third kappa shape index (κ3) is 3.17. The summed E-state index contributed by atoms with van der Waals surface area (Å²) in [6.07, 6.45) is 9.51. The Morgan fingerprint density at radius 3 is 2.32 bits per heavy atom. The van der Waals surface area contributed by atoms with Crippen molar-refractivity contribution >= 4 is 11.8 Å². The second-order valence-corrected chi connectivity index (χ2v) is 7.42. The van der Waals surface area contributed by atoms with E-state index in [9.17, 15) is 0 Å². The summed E-state index contributed by atoms with van der Waals surface area (Å²) in [4.78, 5) is 1.43. The fourth-order valence-electron chi connectivity index (χ4n) is 3.24. The first-order chi connectivity index (χ1) is 9.32. The highest BCUT2D eigenvalue weighted by atomic mass is 32.2. The molecule has 1 nitrogen and oxygen atoms in total. The molecule has 2 N–H and O–H groups in total. The fraction of sp³-hybridized carbons (Fsp3) is 0.647. The Hall–Kier alpha value is -0.470. The number of nitrogens with two attached hydrogens (primary N) is 1. The van der Waals surface area contributed by atoms with E-state index in [2.05, 4.69) is 24.3 Å². The minimum absolute atomic E-state index is 0.276. The molecule has 0 saturated heterocycles. The van der Waals surface area contributed by atoms with Gasteiger partial charge in [0.05, 0.1) is 0 Å². The molecule has 0 radical (unpaired) electrons. The molecule has 19 heavy (non-hydrogen) atoms. The predicted octanol–water partition coefficient (Wildman–Crippen LogP) is 4.35. The van der Waals surface area contributed by atoms with Crippen LogP contribution < -0.4 is 5.73 Å². The van der Waals surface area contributed by atoms with Gasteiger partial charge in [-0.3, -0.25) is 0 Å². The molecular formula is C17H25NS. The Bertz CT molecular complexity index is 402. The average molecular weight is 275 g/mol. The first-order valence-electron chi connectivity index (χ1n) is 7.76. The van der Waals surface area contributed by atoms with Gasteiger partial charge in [-0.15, -0.1) is 11.8 Å². The topological polar surface area (TPSA) is 26.0 Å². The minimum atomic E-state index is 0.276. The molecule has 1 aromatic rings. The third-order valence-corrected chi connectivity index (χ3v) is 6.09. The van der Waals surface area contributed by atoms with E-state index in [1.165, 1.54) is 61.2 Å². The second kappa shape index (κ2) is 5.88. The Balaban J connectivity index is 1.68. The van der Waals surface area contributed by atoms with Crippen molar-refractivity contribution in [3.05, 3.63) is 29.8 Å². The zero-order valence-electron chi connectivity index (χ0n) is 11.7. The summed E-state index contributed by atoms with van der Waals surface area (Å²) < 4.78 is 0. The number of hydrogen-bond donors (Lipinski definition) is 1. The molecule has 104 valence electrons. The molecule has 0 atom stereocenters. The molecule has 2 aliphatic carbocycles. The van der Waals surface area contributed by atoms with E-state index in [1.807, 2.05) is 11.8 Å². The zero-order valence-corrected chi connectivity index (χ0v) is 12.6. The molecule has 0 heterocycles. The van der Waals surface area contributed by atoms with Crippen LogP contribution in [0.2, 0.25) is 0 Å². The van der Waals surface area contributed by atoms with Crippen LogP contribution in [0.1, 0.15) is 50.5 Å². The smallest absolute Gasteiger partial charge is 0.00755 e. The van der Waals surface area contributed by atoms with Crippen molar-refractivity contribution in [2.45, 2.75) is 55.3 Å². The van der Waals surface area contributed by atoms with Crippen molar-refractivity contribution in [2.24, 2.45) is 11.7 Å². The van der Waals surface area contributed by atoms with E-state index >= 15 is 0 Å². The van der Waals surface area contributed by atoms with Crippen LogP contribution in [0.3, 0.4) is 0 Å². The SMILES string of the molecule is NCC1(c2ccc(SCC3CC3)cc2)CCCCC1. The van der Waals surface area contributed by atoms with Crippen molar-refractivity contribution < 1.29 is 0 Å². The maximum absolute atomic E-state index is 6.11. The van der Waals surface area contributed by atoms with Gasteiger partial charge in [-0.2, -0.15) is 0 Å². The number of benzene rings is 1. The molecule has 2 fully saturated rings. The van der Waals surface area contributed by atoms with Crippen molar-refractivity contribution in [2.75, 3.05) is 12.3 Å². The van der Waals surface area contributed by atoms with Crippen molar-refractivity contribution in [3.63, 3.8) is 0 Å². The van der Waals surface area contributed by atoms with E-state index < -0.39 is 0 Å². The van der Waals surface area contributed by atoms with E-state index in [4.69, 9.17) is 5.73 Å². The van der Waals surface area contributed by atoms with E-state index in [0.717, 1.165) is 12.5 Å². The third-order valence-electron chi connectivity index (χ3n) is 4.85. The molecule has 2 aliphatic rings. The quantitative estimate of drug-likeness (QED) is 0.809. The van der Waals surface area contributed by atoms with Gasteiger partial charge >= 0.3 is 0 Å². The van der Waals surface area contributed by atoms with Gasteiger partial charge in [-0.25, -0.2) is 0 Å². The van der Waals surface area contributed by atoms with E-state index in [1.54, 1.807) is 0 Å². The van der Waals surface area contributed by atoms with Crippen LogP contribution in [0.5, 0.6) is 0 Å². The van der Waals surface area contributed by atoms with Crippen LogP contribution in [0.25, 0.3) is 0 Å². The van der Waals surface area contributed by atoms with E-state index in [0.29, 0.717) is 0 Å². The molecule has 2 saturated carbocycles. The van der Waals surface area contributed by atoms with Crippen LogP contribution in [-0.2, 0) is 5.41 Å². The Morgan fingerprint density at radius 1 is 1.05 bits per heavy atom. The highest BCUT2D eigenvalue weighted by molar-refractivity contribution is 7.99. The zero-order chi connectivity index (χ0) is 13.1. The van der Waals surface area contributed by atoms with Gasteiger partial charge in [0.2, 0.25) is 0 Å². The summed E-state index contributed by atoms with van der Waals surface area (Å²) in [7, 11) is 0. The molecule has 2 heteroatoms. The second-order valence-electron chi connectivity index (χ2n) is 6.32. The number of hydrogen-bond acceptors (Lipinski definition) is 2. The molecule has 3 rings (SSSR count). The lowest BCUT2D eigenvalue weighted by molar-refractivity contribution is 0.300. The maximum atomic E-state index is 6.11. The average Bonchev–Trinajstić information content (AvgIpc) is 3.31. The lowest BCUT2D eigenvalue weighted by Gasteiger charge is -2.37. The summed E-state index contributed by atoms with van der Waals surface area (Å²) >= 11 is 2.02. The summed E-state index contributed by atoms with van der Waals surface area (Å²) in [6, 6.07) is 9.31. The van der Waals surface area contributed by atoms with Crippen LogP contribution in [0.15, 0.2) is 29.2 Å². The largest absolute Gasteiger partial charge is 0.330 e. The lowest BCUT2D eigenvalue weighted by atomic mass is 9.69. The molecule has 0 bridgehead atoms. The van der Waals surface area contributed by atoms with Crippen LogP contribution >= 0.6 is 11.8 Å². The summed E-state index contributed by atoms with van der Waals surface area (Å²) in [5.74, 6) is 2.31. The van der Waals surface area contributed by atoms with Crippen LogP contribution in [0, 0.1) is 5.92 Å². The molecule has 0 amide bonds. The van der Waals surface area contributed by atoms with Crippen molar-refractivity contribution in [1.82, 2.24) is 0 Å². The van der Waals surface area contributed by atoms with Gasteiger partial charge in [0.15, 0.2) is 0 Å². The molecule has 0 unspecified atom stereocenters. The van der Waals surface area contributed by atoms with Gasteiger partial charge in [-0.05, 0) is 49.3 Å². The predicted molar refractivity (Wildman–Crippen MR) is 83.7 cm³/mol. The summed E-state index contributed by atoms with van der Waals surface area (Å²) in [6.45, 7) is 0.807. The summed E-state index contributed by atoms with van der Waals surface area (Å²) in [5, 5.41) is 0. The van der Waals surface area contributed by atoms with Crippen molar-refractivity contribution in [3.8, 4) is 0 Å². The first kappa shape index (κ1) is 13.5. The monoisotopic (exact) mass is 275 g/mol. The minimum Gasteiger partial charge on any atom is -0.330 e. The maximum Gasteiger partial charge on any atom is 0.00755 e. The van der Waals surface area contributed by atoms with Crippen molar-refractivity contribution in [1.29, 1.82) is 0 Å². The fourth-order valence-corrected chi connectivity index (χ4v) is 4.33. The standard InChI is InChI=1S/C17H25NS/c18-13-17(10-2-1-3-11-17)15-6-8-16(9-7-15)19-12-14-4-5-14/h6-9,14H,1-5,10-13,18H2. The first-order valence-corrected chi connectivity index (χ1v) is 8.74. The highest BCUT2D eigenvalue weighted by Gasteiger charge is 2.32. The van der Waals surface area contributed by atoms with Gasteiger partial charge in [0.1, 0.15) is 0 Å². The molecule has 0 aliphatic heterocycles. The van der Waals surface area contributed by atoms with Crippen LogP contribution in [0.4, 0.5) is 0 Å². The van der Waals surface area contributed by atoms with Gasteiger partial charge in [0.25, 0.3) is 0 Å².